The van der Waals surface area contributed by atoms with E-state index in [0.717, 1.165) is 24.3 Å². The second-order valence-electron chi connectivity index (χ2n) is 4.31. The largest absolute Gasteiger partial charge is 0.340 e. The standard InChI is InChI=1S/C10H18ClN3O2/c1-8-3-2-4-9(7-8)12-10(15)14(13-16)6-5-11/h8-9H,2-7H2,1H3,(H,12,15)/t8-,9-/m0/s1. The van der Waals surface area contributed by atoms with Crippen LogP contribution in [0.2, 0.25) is 0 Å². The highest BCUT2D eigenvalue weighted by atomic mass is 35.5. The number of carbonyl (C=O) groups excluding carboxylic acids is 1. The van der Waals surface area contributed by atoms with Crippen LogP contribution in [0.5, 0.6) is 0 Å². The van der Waals surface area contributed by atoms with E-state index >= 15 is 0 Å². The molecular weight excluding hydrogens is 230 g/mol. The SMILES string of the molecule is C[C@H]1CCC[C@H](NC(=O)N(CCCl)N=O)C1. The summed E-state index contributed by atoms with van der Waals surface area (Å²) in [6.07, 6.45) is 4.28. The number of nitroso groups, excluding NO2 is 1. The van der Waals surface area contributed by atoms with Gasteiger partial charge in [0.05, 0.1) is 11.8 Å². The van der Waals surface area contributed by atoms with Crippen LogP contribution in [-0.2, 0) is 0 Å². The van der Waals surface area contributed by atoms with Gasteiger partial charge < -0.3 is 5.32 Å². The third kappa shape index (κ3) is 3.96. The number of nitrogens with zero attached hydrogens (tertiary/aromatic N) is 2. The molecule has 0 unspecified atom stereocenters. The molecule has 92 valence electrons. The van der Waals surface area contributed by atoms with Crippen LogP contribution in [-0.4, -0.2) is 29.5 Å². The van der Waals surface area contributed by atoms with Crippen LogP contribution < -0.4 is 5.32 Å². The fourth-order valence-electron chi connectivity index (χ4n) is 2.07. The van der Waals surface area contributed by atoms with Gasteiger partial charge in [0, 0.05) is 11.9 Å². The van der Waals surface area contributed by atoms with E-state index in [1.54, 1.807) is 0 Å². The number of hydrogen-bond acceptors (Lipinski definition) is 3. The number of rotatable bonds is 4. The molecule has 0 aromatic carbocycles. The van der Waals surface area contributed by atoms with Crippen molar-refractivity contribution in [1.82, 2.24) is 10.3 Å². The second-order valence-corrected chi connectivity index (χ2v) is 4.69. The van der Waals surface area contributed by atoms with Gasteiger partial charge in [-0.1, -0.05) is 19.8 Å². The Morgan fingerprint density at radius 3 is 2.88 bits per heavy atom. The van der Waals surface area contributed by atoms with Crippen LogP contribution in [0, 0.1) is 10.8 Å². The van der Waals surface area contributed by atoms with Crippen LogP contribution in [0.1, 0.15) is 32.6 Å². The highest BCUT2D eigenvalue weighted by Crippen LogP contribution is 2.23. The van der Waals surface area contributed by atoms with E-state index in [9.17, 15) is 9.70 Å². The number of alkyl halides is 1. The predicted octanol–water partition coefficient (Wildman–Crippen LogP) is 2.50. The maximum Gasteiger partial charge on any atom is 0.340 e. The van der Waals surface area contributed by atoms with E-state index in [1.165, 1.54) is 6.42 Å². The first-order valence-corrected chi connectivity index (χ1v) is 6.18. The number of urea groups is 1. The Bertz CT molecular complexity index is 250. The van der Waals surface area contributed by atoms with Gasteiger partial charge in [-0.05, 0) is 18.8 Å². The lowest BCUT2D eigenvalue weighted by atomic mass is 9.87. The molecule has 1 saturated carbocycles. The second kappa shape index (κ2) is 6.68. The molecule has 1 aliphatic rings. The van der Waals surface area contributed by atoms with Crippen LogP contribution in [0.25, 0.3) is 0 Å². The summed E-state index contributed by atoms with van der Waals surface area (Å²) < 4.78 is 0. The first kappa shape index (κ1) is 13.2. The summed E-state index contributed by atoms with van der Waals surface area (Å²) in [6.45, 7) is 2.33. The molecule has 1 fully saturated rings. The van der Waals surface area contributed by atoms with Crippen molar-refractivity contribution in [2.24, 2.45) is 11.2 Å². The van der Waals surface area contributed by atoms with Gasteiger partial charge in [0.2, 0.25) is 0 Å². The first-order valence-electron chi connectivity index (χ1n) is 5.64. The third-order valence-electron chi connectivity index (χ3n) is 2.89. The molecule has 0 aromatic rings. The Labute approximate surface area is 100 Å². The first-order chi connectivity index (χ1) is 7.67. The molecule has 0 radical (unpaired) electrons. The van der Waals surface area contributed by atoms with Gasteiger partial charge in [-0.15, -0.1) is 16.5 Å². The quantitative estimate of drug-likeness (QED) is 0.471. The van der Waals surface area contributed by atoms with Gasteiger partial charge in [-0.2, -0.15) is 5.01 Å². The minimum absolute atomic E-state index is 0.152. The number of nitrogens with one attached hydrogen (secondary N) is 1. The molecule has 2 amide bonds. The molecule has 0 aliphatic heterocycles. The summed E-state index contributed by atoms with van der Waals surface area (Å²) in [5, 5.41) is 6.31. The van der Waals surface area contributed by atoms with E-state index in [2.05, 4.69) is 17.5 Å². The van der Waals surface area contributed by atoms with Crippen LogP contribution >= 0.6 is 11.6 Å². The van der Waals surface area contributed by atoms with E-state index in [1.807, 2.05) is 0 Å². The van der Waals surface area contributed by atoms with Crippen molar-refractivity contribution in [2.45, 2.75) is 38.6 Å². The summed E-state index contributed by atoms with van der Waals surface area (Å²) in [4.78, 5) is 22.0. The van der Waals surface area contributed by atoms with E-state index in [0.29, 0.717) is 5.92 Å². The molecule has 16 heavy (non-hydrogen) atoms. The molecule has 0 heterocycles. The van der Waals surface area contributed by atoms with Crippen molar-refractivity contribution in [3.63, 3.8) is 0 Å². The van der Waals surface area contributed by atoms with Gasteiger partial charge in [-0.25, -0.2) is 4.79 Å². The van der Waals surface area contributed by atoms with Crippen molar-refractivity contribution in [1.29, 1.82) is 0 Å². The fraction of sp³-hybridized carbons (Fsp3) is 0.900. The van der Waals surface area contributed by atoms with Crippen LogP contribution in [0.15, 0.2) is 5.29 Å². The maximum absolute atomic E-state index is 11.6. The van der Waals surface area contributed by atoms with Crippen molar-refractivity contribution in [3.8, 4) is 0 Å². The number of halogens is 1. The summed E-state index contributed by atoms with van der Waals surface area (Å²) in [6, 6.07) is -0.273. The molecule has 0 saturated heterocycles. The molecule has 5 nitrogen and oxygen atoms in total. The molecule has 0 spiro atoms. The highest BCUT2D eigenvalue weighted by molar-refractivity contribution is 6.18. The lowest BCUT2D eigenvalue weighted by Gasteiger charge is -2.28. The summed E-state index contributed by atoms with van der Waals surface area (Å²) in [5.74, 6) is 0.838. The number of hydrogen-bond donors (Lipinski definition) is 1. The van der Waals surface area contributed by atoms with Crippen molar-refractivity contribution in [3.05, 3.63) is 4.91 Å². The highest BCUT2D eigenvalue weighted by Gasteiger charge is 2.23. The van der Waals surface area contributed by atoms with Crippen molar-refractivity contribution in [2.75, 3.05) is 12.4 Å². The Balaban J connectivity index is 2.39. The molecule has 1 rings (SSSR count). The number of amides is 2. The summed E-state index contributed by atoms with van der Waals surface area (Å²) >= 11 is 5.46. The fourth-order valence-corrected chi connectivity index (χ4v) is 2.23. The molecule has 0 bridgehead atoms. The topological polar surface area (TPSA) is 61.8 Å². The molecular formula is C10H18ClN3O2. The zero-order chi connectivity index (χ0) is 12.0. The molecule has 6 heteroatoms. The van der Waals surface area contributed by atoms with E-state index < -0.39 is 6.03 Å². The van der Waals surface area contributed by atoms with Gasteiger partial charge in [-0.3, -0.25) is 0 Å². The zero-order valence-electron chi connectivity index (χ0n) is 9.49. The van der Waals surface area contributed by atoms with E-state index in [-0.39, 0.29) is 18.5 Å². The Hall–Kier alpha value is -0.840. The lowest BCUT2D eigenvalue weighted by Crippen LogP contribution is -2.44. The Morgan fingerprint density at radius 2 is 2.31 bits per heavy atom. The average Bonchev–Trinajstić information content (AvgIpc) is 2.25. The van der Waals surface area contributed by atoms with Crippen LogP contribution in [0.3, 0.4) is 0 Å². The van der Waals surface area contributed by atoms with Crippen molar-refractivity contribution >= 4 is 17.6 Å². The van der Waals surface area contributed by atoms with Gasteiger partial charge in [0.1, 0.15) is 0 Å². The van der Waals surface area contributed by atoms with Gasteiger partial charge in [0.25, 0.3) is 0 Å². The lowest BCUT2D eigenvalue weighted by molar-refractivity contribution is 0.190. The smallest absolute Gasteiger partial charge is 0.334 e. The summed E-state index contributed by atoms with van der Waals surface area (Å²) in [7, 11) is 0. The van der Waals surface area contributed by atoms with Gasteiger partial charge in [0.15, 0.2) is 0 Å². The average molecular weight is 248 g/mol. The monoisotopic (exact) mass is 247 g/mol. The third-order valence-corrected chi connectivity index (χ3v) is 3.06. The van der Waals surface area contributed by atoms with Crippen LogP contribution in [0.4, 0.5) is 4.79 Å². The normalized spacial score (nSPS) is 24.9. The summed E-state index contributed by atoms with van der Waals surface area (Å²) in [5.41, 5.74) is 0. The minimum atomic E-state index is -0.435. The minimum Gasteiger partial charge on any atom is -0.334 e. The zero-order valence-corrected chi connectivity index (χ0v) is 10.2. The Kier molecular flexibility index (Phi) is 5.52. The molecule has 2 atom stereocenters. The van der Waals surface area contributed by atoms with Crippen molar-refractivity contribution < 1.29 is 4.79 Å². The maximum atomic E-state index is 11.6. The molecule has 1 aliphatic carbocycles. The van der Waals surface area contributed by atoms with Gasteiger partial charge >= 0.3 is 6.03 Å². The molecule has 0 aromatic heterocycles. The number of carbonyl (C=O) groups is 1. The molecule has 1 N–H and O–H groups in total. The predicted molar refractivity (Wildman–Crippen MR) is 63.2 cm³/mol. The van der Waals surface area contributed by atoms with E-state index in [4.69, 9.17) is 11.6 Å². The Morgan fingerprint density at radius 1 is 1.56 bits per heavy atom.